The lowest BCUT2D eigenvalue weighted by molar-refractivity contribution is -0.385. The fraction of sp³-hybridized carbons (Fsp3) is 0.400. The van der Waals surface area contributed by atoms with Crippen LogP contribution in [0.5, 0.6) is 0 Å². The van der Waals surface area contributed by atoms with Crippen LogP contribution in [0, 0.1) is 20.2 Å². The first kappa shape index (κ1) is 28.6. The van der Waals surface area contributed by atoms with Crippen molar-refractivity contribution in [3.63, 3.8) is 0 Å². The molecule has 0 saturated carbocycles. The van der Waals surface area contributed by atoms with E-state index in [0.29, 0.717) is 30.5 Å². The molecule has 3 amide bonds. The molecule has 0 unspecified atom stereocenters. The molecule has 40 heavy (non-hydrogen) atoms. The van der Waals surface area contributed by atoms with E-state index in [2.05, 4.69) is 17.9 Å². The molecule has 2 fully saturated rings. The number of hydrogen-bond acceptors (Lipinski definition) is 10. The Balaban J connectivity index is 1.25. The Bertz CT molecular complexity index is 1270. The van der Waals surface area contributed by atoms with E-state index in [-0.39, 0.29) is 54.9 Å². The number of alkyl carbamates (subject to hydrolysis) is 1. The summed E-state index contributed by atoms with van der Waals surface area (Å²) in [7, 11) is 0. The summed E-state index contributed by atoms with van der Waals surface area (Å²) in [5.74, 6) is -0.271. The second-order valence-corrected chi connectivity index (χ2v) is 10.2. The van der Waals surface area contributed by atoms with Crippen molar-refractivity contribution < 1.29 is 33.7 Å². The second-order valence-electron chi connectivity index (χ2n) is 9.45. The first-order valence-electron chi connectivity index (χ1n) is 12.4. The van der Waals surface area contributed by atoms with Crippen LogP contribution in [0.25, 0.3) is 0 Å². The molecule has 2 aliphatic rings. The number of hydrogen-bond donors (Lipinski definition) is 2. The minimum absolute atomic E-state index is 0.0632. The maximum absolute atomic E-state index is 13.3. The number of nitrogens with one attached hydrogen (secondary N) is 1. The first-order chi connectivity index (χ1) is 19.1. The minimum atomic E-state index is -0.764. The van der Waals surface area contributed by atoms with Crippen LogP contribution in [0.15, 0.2) is 48.5 Å². The Kier molecular flexibility index (Phi) is 9.04. The van der Waals surface area contributed by atoms with Gasteiger partial charge in [-0.05, 0) is 48.2 Å². The Labute approximate surface area is 233 Å². The molecule has 2 heterocycles. The highest BCUT2D eigenvalue weighted by Crippen LogP contribution is 2.26. The van der Waals surface area contributed by atoms with Gasteiger partial charge in [-0.15, -0.1) is 0 Å². The quantitative estimate of drug-likeness (QED) is 0.273. The van der Waals surface area contributed by atoms with Gasteiger partial charge in [0.15, 0.2) is 0 Å². The smallest absolute Gasteiger partial charge is 0.410 e. The van der Waals surface area contributed by atoms with Crippen molar-refractivity contribution in [2.45, 2.75) is 43.4 Å². The number of nitro groups is 2. The Hall–Kier alpha value is -4.40. The summed E-state index contributed by atoms with van der Waals surface area (Å²) in [6.07, 6.45) is -0.511. The van der Waals surface area contributed by atoms with Gasteiger partial charge in [-0.25, -0.2) is 9.59 Å². The highest BCUT2D eigenvalue weighted by atomic mass is 32.1. The lowest BCUT2D eigenvalue weighted by Crippen LogP contribution is -2.48. The highest BCUT2D eigenvalue weighted by molar-refractivity contribution is 7.81. The van der Waals surface area contributed by atoms with Crippen molar-refractivity contribution in [3.05, 3.63) is 79.9 Å². The van der Waals surface area contributed by atoms with Crippen molar-refractivity contribution >= 4 is 42.1 Å². The number of ether oxygens (including phenoxy) is 2. The van der Waals surface area contributed by atoms with Crippen molar-refractivity contribution in [1.82, 2.24) is 15.1 Å². The van der Waals surface area contributed by atoms with Crippen LogP contribution < -0.4 is 5.32 Å². The first-order valence-corrected chi connectivity index (χ1v) is 12.9. The Morgan fingerprint density at radius 3 is 2.00 bits per heavy atom. The van der Waals surface area contributed by atoms with Crippen LogP contribution in [0.2, 0.25) is 0 Å². The molecule has 2 aromatic carbocycles. The van der Waals surface area contributed by atoms with Gasteiger partial charge in [0.05, 0.1) is 15.9 Å². The van der Waals surface area contributed by atoms with Crippen molar-refractivity contribution in [1.29, 1.82) is 0 Å². The third kappa shape index (κ3) is 7.16. The molecule has 15 heteroatoms. The zero-order valence-corrected chi connectivity index (χ0v) is 22.1. The molecule has 1 N–H and O–H groups in total. The minimum Gasteiger partial charge on any atom is -0.445 e. The summed E-state index contributed by atoms with van der Waals surface area (Å²) in [6.45, 7) is 0.671. The van der Waals surface area contributed by atoms with Gasteiger partial charge in [-0.2, -0.15) is 12.6 Å². The van der Waals surface area contributed by atoms with Crippen LogP contribution >= 0.6 is 12.6 Å². The summed E-state index contributed by atoms with van der Waals surface area (Å²) in [5.41, 5.74) is 1.02. The molecular weight excluding hydrogens is 546 g/mol. The second kappa shape index (κ2) is 12.6. The van der Waals surface area contributed by atoms with Crippen LogP contribution in [0.1, 0.15) is 24.0 Å². The average Bonchev–Trinajstić information content (AvgIpc) is 3.57. The van der Waals surface area contributed by atoms with Crippen molar-refractivity contribution in [2.75, 3.05) is 19.6 Å². The van der Waals surface area contributed by atoms with Gasteiger partial charge in [-0.1, -0.05) is 0 Å². The molecule has 3 atom stereocenters. The third-order valence-corrected chi connectivity index (χ3v) is 7.02. The van der Waals surface area contributed by atoms with Gasteiger partial charge < -0.3 is 19.7 Å². The topological polar surface area (TPSA) is 174 Å². The number of likely N-dealkylation sites (tertiary alicyclic amines) is 2. The van der Waals surface area contributed by atoms with Gasteiger partial charge in [0.25, 0.3) is 11.4 Å². The molecule has 0 radical (unpaired) electrons. The lowest BCUT2D eigenvalue weighted by Gasteiger charge is -2.27. The SMILES string of the molecule is O=C(N[C@H]1CCN(C(=O)[C@@H]2C[C@H](S)CN2C(=O)OCc2ccc([N+](=O)[O-])cc2)C1)OCc1ccc([N+](=O)[O-])cc1. The van der Waals surface area contributed by atoms with Gasteiger partial charge in [0, 0.05) is 49.1 Å². The number of carbonyl (C=O) groups excluding carboxylic acids is 3. The molecule has 212 valence electrons. The molecule has 14 nitrogen and oxygen atoms in total. The molecular formula is C25H27N5O9S. The highest BCUT2D eigenvalue weighted by Gasteiger charge is 2.42. The van der Waals surface area contributed by atoms with E-state index >= 15 is 0 Å². The Morgan fingerprint density at radius 2 is 1.45 bits per heavy atom. The molecule has 0 aromatic heterocycles. The van der Waals surface area contributed by atoms with Crippen LogP contribution in [0.3, 0.4) is 0 Å². The number of nitrogens with zero attached hydrogens (tertiary/aromatic N) is 4. The average molecular weight is 574 g/mol. The predicted octanol–water partition coefficient (Wildman–Crippen LogP) is 3.04. The summed E-state index contributed by atoms with van der Waals surface area (Å²) < 4.78 is 10.6. The standard InChI is InChI=1S/C25H27N5O9S/c31-23(22-11-21(40)13-28(22)25(33)39-15-17-3-7-20(8-4-17)30(36)37)27-10-9-18(12-27)26-24(32)38-14-16-1-5-19(6-2-16)29(34)35/h1-8,18,21-22,40H,9-15H2,(H,26,32)/t18-,21-,22-/m0/s1. The van der Waals surface area contributed by atoms with Gasteiger partial charge in [0.2, 0.25) is 5.91 Å². The van der Waals surface area contributed by atoms with E-state index < -0.39 is 28.1 Å². The molecule has 0 aliphatic carbocycles. The van der Waals surface area contributed by atoms with Crippen molar-refractivity contribution in [2.24, 2.45) is 0 Å². The molecule has 2 aromatic rings. The van der Waals surface area contributed by atoms with Crippen LogP contribution in [-0.2, 0) is 27.5 Å². The van der Waals surface area contributed by atoms with Gasteiger partial charge >= 0.3 is 12.2 Å². The van der Waals surface area contributed by atoms with E-state index in [1.807, 2.05) is 0 Å². The van der Waals surface area contributed by atoms with Gasteiger partial charge in [0.1, 0.15) is 19.3 Å². The van der Waals surface area contributed by atoms with Crippen LogP contribution in [0.4, 0.5) is 21.0 Å². The van der Waals surface area contributed by atoms with E-state index in [1.54, 1.807) is 4.90 Å². The molecule has 4 rings (SSSR count). The summed E-state index contributed by atoms with van der Waals surface area (Å²) in [5, 5.41) is 24.0. The fourth-order valence-corrected chi connectivity index (χ4v) is 4.93. The maximum Gasteiger partial charge on any atom is 0.410 e. The summed E-state index contributed by atoms with van der Waals surface area (Å²) in [6, 6.07) is 10.2. The maximum atomic E-state index is 13.3. The van der Waals surface area contributed by atoms with E-state index in [9.17, 15) is 34.6 Å². The number of amides is 3. The number of carbonyl (C=O) groups is 3. The number of nitro benzene ring substituents is 2. The molecule has 2 aliphatic heterocycles. The largest absolute Gasteiger partial charge is 0.445 e. The third-order valence-electron chi connectivity index (χ3n) is 6.65. The Morgan fingerprint density at radius 1 is 0.900 bits per heavy atom. The summed E-state index contributed by atoms with van der Waals surface area (Å²) in [4.78, 5) is 61.8. The van der Waals surface area contributed by atoms with E-state index in [4.69, 9.17) is 9.47 Å². The molecule has 0 spiro atoms. The van der Waals surface area contributed by atoms with Gasteiger partial charge in [-0.3, -0.25) is 29.9 Å². The zero-order chi connectivity index (χ0) is 28.8. The zero-order valence-electron chi connectivity index (χ0n) is 21.2. The predicted molar refractivity (Wildman–Crippen MR) is 143 cm³/mol. The van der Waals surface area contributed by atoms with E-state index in [1.165, 1.54) is 53.4 Å². The number of non-ortho nitro benzene ring substituents is 2. The normalized spacial score (nSPS) is 20.2. The number of thiol groups is 1. The monoisotopic (exact) mass is 573 g/mol. The lowest BCUT2D eigenvalue weighted by atomic mass is 10.2. The van der Waals surface area contributed by atoms with Crippen LogP contribution in [-0.4, -0.2) is 74.7 Å². The fourth-order valence-electron chi connectivity index (χ4n) is 4.55. The van der Waals surface area contributed by atoms with E-state index in [0.717, 1.165) is 0 Å². The number of rotatable bonds is 8. The van der Waals surface area contributed by atoms with Crippen molar-refractivity contribution in [3.8, 4) is 0 Å². The molecule has 0 bridgehead atoms. The summed E-state index contributed by atoms with van der Waals surface area (Å²) >= 11 is 4.45. The molecule has 2 saturated heterocycles. The number of benzene rings is 2.